The summed E-state index contributed by atoms with van der Waals surface area (Å²) in [6.45, 7) is 3.77. The van der Waals surface area contributed by atoms with Gasteiger partial charge in [0.25, 0.3) is 5.91 Å². The van der Waals surface area contributed by atoms with E-state index in [1.54, 1.807) is 17.6 Å². The van der Waals surface area contributed by atoms with Crippen LogP contribution in [0.25, 0.3) is 0 Å². The summed E-state index contributed by atoms with van der Waals surface area (Å²) >= 11 is 0. The first kappa shape index (κ1) is 8.74. The number of hydrogen-bond donors (Lipinski definition) is 2. The fourth-order valence-electron chi connectivity index (χ4n) is 1.06. The zero-order chi connectivity index (χ0) is 9.14. The topological polar surface area (TPSA) is 49.3 Å². The van der Waals surface area contributed by atoms with Crippen molar-refractivity contribution in [2.45, 2.75) is 13.8 Å². The molecule has 0 saturated carbocycles. The van der Waals surface area contributed by atoms with Crippen molar-refractivity contribution in [2.24, 2.45) is 0 Å². The average Bonchev–Trinajstić information content (AvgIpc) is 2.08. The molecule has 0 aliphatic carbocycles. The lowest BCUT2D eigenvalue weighted by Crippen LogP contribution is -2.19. The second kappa shape index (κ2) is 3.36. The van der Waals surface area contributed by atoms with Crippen LogP contribution in [0.5, 0.6) is 0 Å². The Bertz CT molecular complexity index is 307. The normalized spacial score (nSPS) is 9.58. The van der Waals surface area contributed by atoms with Crippen molar-refractivity contribution < 1.29 is 10.0 Å². The van der Waals surface area contributed by atoms with Crippen molar-refractivity contribution in [1.82, 2.24) is 5.48 Å². The molecule has 0 saturated heterocycles. The molecule has 1 aromatic rings. The van der Waals surface area contributed by atoms with E-state index in [4.69, 9.17) is 5.21 Å². The zero-order valence-corrected chi connectivity index (χ0v) is 7.09. The quantitative estimate of drug-likeness (QED) is 0.488. The molecule has 0 atom stereocenters. The Kier molecular flexibility index (Phi) is 2.45. The molecule has 0 spiro atoms. The summed E-state index contributed by atoms with van der Waals surface area (Å²) in [4.78, 5) is 11.0. The Morgan fingerprint density at radius 1 is 1.42 bits per heavy atom. The van der Waals surface area contributed by atoms with E-state index in [1.165, 1.54) is 0 Å². The first-order valence-corrected chi connectivity index (χ1v) is 3.67. The second-order valence-corrected chi connectivity index (χ2v) is 2.69. The summed E-state index contributed by atoms with van der Waals surface area (Å²) in [5.41, 5.74) is 4.05. The van der Waals surface area contributed by atoms with Crippen LogP contribution in [0.3, 0.4) is 0 Å². The summed E-state index contributed by atoms with van der Waals surface area (Å²) < 4.78 is 0. The van der Waals surface area contributed by atoms with Crippen molar-refractivity contribution >= 4 is 5.91 Å². The molecule has 2 N–H and O–H groups in total. The van der Waals surface area contributed by atoms with Crippen LogP contribution in [0.4, 0.5) is 0 Å². The fraction of sp³-hybridized carbons (Fsp3) is 0.222. The highest BCUT2D eigenvalue weighted by Crippen LogP contribution is 2.11. The Hall–Kier alpha value is -1.35. The second-order valence-electron chi connectivity index (χ2n) is 2.69. The number of carbonyl (C=O) groups is 1. The zero-order valence-electron chi connectivity index (χ0n) is 7.09. The van der Waals surface area contributed by atoms with Gasteiger partial charge in [-0.3, -0.25) is 10.0 Å². The molecule has 3 nitrogen and oxygen atoms in total. The van der Waals surface area contributed by atoms with E-state index in [9.17, 15) is 4.79 Å². The molecule has 0 aliphatic heterocycles. The highest BCUT2D eigenvalue weighted by atomic mass is 16.5. The molecule has 0 bridgehead atoms. The molecule has 64 valence electrons. The van der Waals surface area contributed by atoms with Crippen LogP contribution in [0, 0.1) is 13.8 Å². The Labute approximate surface area is 71.0 Å². The van der Waals surface area contributed by atoms with E-state index in [0.717, 1.165) is 11.1 Å². The van der Waals surface area contributed by atoms with Crippen LogP contribution >= 0.6 is 0 Å². The van der Waals surface area contributed by atoms with Gasteiger partial charge in [-0.05, 0) is 31.0 Å². The van der Waals surface area contributed by atoms with E-state index in [-0.39, 0.29) is 0 Å². The van der Waals surface area contributed by atoms with Gasteiger partial charge in [0.2, 0.25) is 0 Å². The fourth-order valence-corrected chi connectivity index (χ4v) is 1.06. The standard InChI is InChI=1S/C9H11NO2/c1-6-4-3-5-8(7(6)2)9(11)10-12/h3-5,12H,1-2H3,(H,10,11). The van der Waals surface area contributed by atoms with Gasteiger partial charge in [0.15, 0.2) is 0 Å². The number of hydroxylamine groups is 1. The van der Waals surface area contributed by atoms with Gasteiger partial charge in [-0.15, -0.1) is 0 Å². The minimum Gasteiger partial charge on any atom is -0.288 e. The van der Waals surface area contributed by atoms with E-state index in [0.29, 0.717) is 5.56 Å². The molecule has 0 aromatic heterocycles. The van der Waals surface area contributed by atoms with Crippen LogP contribution < -0.4 is 5.48 Å². The summed E-state index contributed by atoms with van der Waals surface area (Å²) in [5.74, 6) is -0.462. The van der Waals surface area contributed by atoms with Crippen LogP contribution in [-0.2, 0) is 0 Å². The highest BCUT2D eigenvalue weighted by Gasteiger charge is 2.07. The molecule has 0 aliphatic rings. The number of hydrogen-bond acceptors (Lipinski definition) is 2. The van der Waals surface area contributed by atoms with Crippen LogP contribution in [0.2, 0.25) is 0 Å². The maximum Gasteiger partial charge on any atom is 0.274 e. The van der Waals surface area contributed by atoms with Crippen molar-refractivity contribution in [3.63, 3.8) is 0 Å². The number of amides is 1. The number of nitrogens with one attached hydrogen (secondary N) is 1. The predicted octanol–water partition coefficient (Wildman–Crippen LogP) is 1.42. The lowest BCUT2D eigenvalue weighted by atomic mass is 10.0. The SMILES string of the molecule is Cc1cccc(C(=O)NO)c1C. The molecule has 1 rings (SSSR count). The largest absolute Gasteiger partial charge is 0.288 e. The summed E-state index contributed by atoms with van der Waals surface area (Å²) in [7, 11) is 0. The lowest BCUT2D eigenvalue weighted by molar-refractivity contribution is 0.0705. The van der Waals surface area contributed by atoms with Crippen molar-refractivity contribution in [3.05, 3.63) is 34.9 Å². The predicted molar refractivity (Wildman–Crippen MR) is 45.2 cm³/mol. The molecule has 0 heterocycles. The summed E-state index contributed by atoms with van der Waals surface area (Å²) in [6, 6.07) is 5.38. The van der Waals surface area contributed by atoms with E-state index in [1.807, 2.05) is 19.9 Å². The maximum absolute atomic E-state index is 11.0. The number of carbonyl (C=O) groups excluding carboxylic acids is 1. The summed E-state index contributed by atoms with van der Waals surface area (Å²) in [5, 5.41) is 8.40. The third-order valence-corrected chi connectivity index (χ3v) is 1.95. The molecule has 0 radical (unpaired) electrons. The number of rotatable bonds is 1. The maximum atomic E-state index is 11.0. The minimum atomic E-state index is -0.462. The van der Waals surface area contributed by atoms with Crippen LogP contribution in [0.15, 0.2) is 18.2 Å². The van der Waals surface area contributed by atoms with Gasteiger partial charge in [0, 0.05) is 5.56 Å². The van der Waals surface area contributed by atoms with Crippen LogP contribution in [0.1, 0.15) is 21.5 Å². The molecular weight excluding hydrogens is 154 g/mol. The highest BCUT2D eigenvalue weighted by molar-refractivity contribution is 5.95. The first-order valence-electron chi connectivity index (χ1n) is 3.67. The molecule has 12 heavy (non-hydrogen) atoms. The van der Waals surface area contributed by atoms with Gasteiger partial charge < -0.3 is 0 Å². The van der Waals surface area contributed by atoms with Gasteiger partial charge >= 0.3 is 0 Å². The van der Waals surface area contributed by atoms with E-state index >= 15 is 0 Å². The molecule has 0 fully saturated rings. The molecule has 0 unspecified atom stereocenters. The first-order chi connectivity index (χ1) is 5.66. The minimum absolute atomic E-state index is 0.462. The lowest BCUT2D eigenvalue weighted by Gasteiger charge is -2.05. The monoisotopic (exact) mass is 165 g/mol. The van der Waals surface area contributed by atoms with Gasteiger partial charge in [0.1, 0.15) is 0 Å². The molecule has 3 heteroatoms. The van der Waals surface area contributed by atoms with Crippen LogP contribution in [-0.4, -0.2) is 11.1 Å². The van der Waals surface area contributed by atoms with Crippen molar-refractivity contribution in [3.8, 4) is 0 Å². The Morgan fingerprint density at radius 3 is 2.67 bits per heavy atom. The Morgan fingerprint density at radius 2 is 2.08 bits per heavy atom. The number of benzene rings is 1. The molecule has 1 aromatic carbocycles. The van der Waals surface area contributed by atoms with Crippen molar-refractivity contribution in [1.29, 1.82) is 0 Å². The third-order valence-electron chi connectivity index (χ3n) is 1.95. The van der Waals surface area contributed by atoms with Gasteiger partial charge in [-0.25, -0.2) is 5.48 Å². The van der Waals surface area contributed by atoms with E-state index in [2.05, 4.69) is 0 Å². The molecule has 1 amide bonds. The average molecular weight is 165 g/mol. The third kappa shape index (κ3) is 1.46. The van der Waals surface area contributed by atoms with E-state index < -0.39 is 5.91 Å². The van der Waals surface area contributed by atoms with Gasteiger partial charge in [-0.2, -0.15) is 0 Å². The smallest absolute Gasteiger partial charge is 0.274 e. The number of aryl methyl sites for hydroxylation is 1. The van der Waals surface area contributed by atoms with Gasteiger partial charge in [0.05, 0.1) is 0 Å². The summed E-state index contributed by atoms with van der Waals surface area (Å²) in [6.07, 6.45) is 0. The molecular formula is C9H11NO2. The Balaban J connectivity index is 3.16. The van der Waals surface area contributed by atoms with Crippen molar-refractivity contribution in [2.75, 3.05) is 0 Å². The van der Waals surface area contributed by atoms with Gasteiger partial charge in [-0.1, -0.05) is 12.1 Å².